The third-order valence-corrected chi connectivity index (χ3v) is 4.94. The summed E-state index contributed by atoms with van der Waals surface area (Å²) in [5.74, 6) is -0.415. The monoisotopic (exact) mass is 397 g/mol. The number of carbonyl (C=O) groups is 2. The highest BCUT2D eigenvalue weighted by molar-refractivity contribution is 7.85. The number of amides is 1. The average Bonchev–Trinajstić information content (AvgIpc) is 2.90. The van der Waals surface area contributed by atoms with Crippen LogP contribution < -0.4 is 4.18 Å². The maximum Gasteiger partial charge on any atom is 0.426 e. The van der Waals surface area contributed by atoms with Crippen LogP contribution in [-0.2, 0) is 24.6 Å². The molecule has 1 fully saturated rings. The first-order valence-electron chi connectivity index (χ1n) is 8.32. The van der Waals surface area contributed by atoms with Gasteiger partial charge in [0.15, 0.2) is 6.10 Å². The number of esters is 1. The van der Waals surface area contributed by atoms with Gasteiger partial charge in [-0.2, -0.15) is 12.7 Å². The van der Waals surface area contributed by atoms with Gasteiger partial charge >= 0.3 is 22.4 Å². The fourth-order valence-electron chi connectivity index (χ4n) is 2.67. The van der Waals surface area contributed by atoms with Gasteiger partial charge < -0.3 is 13.7 Å². The molecule has 2 rings (SSSR count). The summed E-state index contributed by atoms with van der Waals surface area (Å²) in [5.41, 5.74) is 2.99. The van der Waals surface area contributed by atoms with Crippen LogP contribution in [0.4, 0.5) is 4.79 Å². The lowest BCUT2D eigenvalue weighted by Crippen LogP contribution is -2.36. The van der Waals surface area contributed by atoms with E-state index in [1.54, 1.807) is 39.8 Å². The number of allylic oxidation sites excluding steroid dienone is 1. The average molecular weight is 397 g/mol. The quantitative estimate of drug-likeness (QED) is 0.537. The topological polar surface area (TPSA) is 99.2 Å². The van der Waals surface area contributed by atoms with Gasteiger partial charge in [0.2, 0.25) is 0 Å². The van der Waals surface area contributed by atoms with Gasteiger partial charge in [-0.3, -0.25) is 0 Å². The molecule has 1 aromatic rings. The highest BCUT2D eigenvalue weighted by atomic mass is 32.2. The summed E-state index contributed by atoms with van der Waals surface area (Å²) in [5, 5.41) is 0. The molecule has 27 heavy (non-hydrogen) atoms. The number of hydrogen-bond donors (Lipinski definition) is 0. The van der Waals surface area contributed by atoms with Gasteiger partial charge in [-0.05, 0) is 45.7 Å². The molecule has 1 saturated heterocycles. The van der Waals surface area contributed by atoms with E-state index in [-0.39, 0.29) is 18.9 Å². The first-order chi connectivity index (χ1) is 12.5. The summed E-state index contributed by atoms with van der Waals surface area (Å²) in [6, 6.07) is 3.57. The maximum atomic E-state index is 12.5. The summed E-state index contributed by atoms with van der Waals surface area (Å²) in [7, 11) is -4.40. The summed E-state index contributed by atoms with van der Waals surface area (Å²) < 4.78 is 40.6. The van der Waals surface area contributed by atoms with Gasteiger partial charge in [-0.25, -0.2) is 9.59 Å². The number of cyclic esters (lactones) is 1. The van der Waals surface area contributed by atoms with Crippen molar-refractivity contribution in [3.05, 3.63) is 40.5 Å². The SMILES string of the molecule is CC(C)=CC(=O)OCC1CN(S(=O)(=O)Oc2c(C)cc(C)cc2C)C(=O)O1. The van der Waals surface area contributed by atoms with E-state index in [9.17, 15) is 18.0 Å². The number of carbonyl (C=O) groups excluding carboxylic acids is 2. The normalized spacial score (nSPS) is 16.7. The molecule has 148 valence electrons. The smallest absolute Gasteiger partial charge is 0.426 e. The highest BCUT2D eigenvalue weighted by Crippen LogP contribution is 2.28. The van der Waals surface area contributed by atoms with Crippen molar-refractivity contribution in [1.82, 2.24) is 4.31 Å². The van der Waals surface area contributed by atoms with Crippen LogP contribution in [0.2, 0.25) is 0 Å². The number of ether oxygens (including phenoxy) is 2. The zero-order valence-corrected chi connectivity index (χ0v) is 16.8. The Morgan fingerprint density at radius 2 is 1.85 bits per heavy atom. The second-order valence-electron chi connectivity index (χ2n) is 6.66. The second kappa shape index (κ2) is 7.99. The van der Waals surface area contributed by atoms with E-state index in [0.29, 0.717) is 15.4 Å². The molecule has 0 N–H and O–H groups in total. The van der Waals surface area contributed by atoms with Crippen LogP contribution in [0.1, 0.15) is 30.5 Å². The molecule has 1 atom stereocenters. The second-order valence-corrected chi connectivity index (χ2v) is 8.12. The van der Waals surface area contributed by atoms with E-state index >= 15 is 0 Å². The predicted octanol–water partition coefficient (Wildman–Crippen LogP) is 2.57. The van der Waals surface area contributed by atoms with Crippen molar-refractivity contribution in [2.45, 2.75) is 40.7 Å². The molecule has 1 aliphatic heterocycles. The molecule has 0 aromatic heterocycles. The number of hydrogen-bond acceptors (Lipinski definition) is 7. The molecule has 9 heteroatoms. The molecule has 0 bridgehead atoms. The fraction of sp³-hybridized carbons (Fsp3) is 0.444. The van der Waals surface area contributed by atoms with E-state index in [4.69, 9.17) is 13.7 Å². The summed E-state index contributed by atoms with van der Waals surface area (Å²) in [4.78, 5) is 23.5. The Bertz CT molecular complexity index is 862. The zero-order valence-electron chi connectivity index (χ0n) is 15.9. The van der Waals surface area contributed by atoms with Crippen LogP contribution in [0.15, 0.2) is 23.8 Å². The molecule has 0 aliphatic carbocycles. The van der Waals surface area contributed by atoms with Crippen LogP contribution in [0.25, 0.3) is 0 Å². The van der Waals surface area contributed by atoms with Crippen molar-refractivity contribution in [2.75, 3.05) is 13.2 Å². The fourth-order valence-corrected chi connectivity index (χ4v) is 3.81. The molecule has 8 nitrogen and oxygen atoms in total. The molecule has 0 spiro atoms. The molecule has 1 heterocycles. The first kappa shape index (κ1) is 20.8. The number of aryl methyl sites for hydroxylation is 3. The van der Waals surface area contributed by atoms with E-state index in [1.807, 2.05) is 6.92 Å². The minimum Gasteiger partial charge on any atom is -0.459 e. The van der Waals surface area contributed by atoms with Crippen molar-refractivity contribution in [2.24, 2.45) is 0 Å². The first-order valence-corrected chi connectivity index (χ1v) is 9.68. The molecule has 1 aromatic carbocycles. The van der Waals surface area contributed by atoms with Gasteiger partial charge in [0.25, 0.3) is 0 Å². The minimum atomic E-state index is -4.40. The standard InChI is InChI=1S/C18H23NO7S/c1-11(2)6-16(20)24-10-15-9-19(18(21)25-15)27(22,23)26-17-13(4)7-12(3)8-14(17)5/h6-8,15H,9-10H2,1-5H3. The number of rotatable bonds is 6. The van der Waals surface area contributed by atoms with Crippen LogP contribution in [-0.4, -0.2) is 44.0 Å². The number of benzene rings is 1. The van der Waals surface area contributed by atoms with Gasteiger partial charge in [0.1, 0.15) is 12.4 Å². The molecule has 0 saturated carbocycles. The van der Waals surface area contributed by atoms with E-state index in [0.717, 1.165) is 11.1 Å². The summed E-state index contributed by atoms with van der Waals surface area (Å²) in [6.45, 7) is 8.25. The maximum absolute atomic E-state index is 12.5. The molecular weight excluding hydrogens is 374 g/mol. The Hall–Kier alpha value is -2.55. The largest absolute Gasteiger partial charge is 0.459 e. The summed E-state index contributed by atoms with van der Waals surface area (Å²) in [6.07, 6.45) is -0.677. The Labute approximate surface area is 159 Å². The Balaban J connectivity index is 2.08. The Morgan fingerprint density at radius 3 is 2.41 bits per heavy atom. The van der Waals surface area contributed by atoms with Gasteiger partial charge in [0.05, 0.1) is 6.54 Å². The predicted molar refractivity (Wildman–Crippen MR) is 97.6 cm³/mol. The molecule has 0 radical (unpaired) electrons. The van der Waals surface area contributed by atoms with Gasteiger partial charge in [-0.15, -0.1) is 0 Å². The third-order valence-electron chi connectivity index (χ3n) is 3.72. The van der Waals surface area contributed by atoms with Crippen LogP contribution in [0.3, 0.4) is 0 Å². The summed E-state index contributed by atoms with van der Waals surface area (Å²) >= 11 is 0. The Morgan fingerprint density at radius 1 is 1.26 bits per heavy atom. The van der Waals surface area contributed by atoms with E-state index in [1.165, 1.54) is 6.08 Å². The van der Waals surface area contributed by atoms with Crippen LogP contribution in [0.5, 0.6) is 5.75 Å². The van der Waals surface area contributed by atoms with Crippen molar-refractivity contribution in [1.29, 1.82) is 0 Å². The lowest BCUT2D eigenvalue weighted by molar-refractivity contribution is -0.140. The molecule has 1 amide bonds. The molecule has 1 unspecified atom stereocenters. The van der Waals surface area contributed by atoms with Crippen LogP contribution >= 0.6 is 0 Å². The zero-order chi connectivity index (χ0) is 20.4. The van der Waals surface area contributed by atoms with Crippen molar-refractivity contribution < 1.29 is 31.7 Å². The van der Waals surface area contributed by atoms with Gasteiger partial charge in [-0.1, -0.05) is 23.3 Å². The van der Waals surface area contributed by atoms with Crippen molar-refractivity contribution >= 4 is 22.4 Å². The Kier molecular flexibility index (Phi) is 6.15. The minimum absolute atomic E-state index is 0.173. The lowest BCUT2D eigenvalue weighted by Gasteiger charge is -2.17. The number of nitrogens with zero attached hydrogens (tertiary/aromatic N) is 1. The van der Waals surface area contributed by atoms with Crippen molar-refractivity contribution in [3.8, 4) is 5.75 Å². The lowest BCUT2D eigenvalue weighted by atomic mass is 10.1. The molecular formula is C18H23NO7S. The highest BCUT2D eigenvalue weighted by Gasteiger charge is 2.41. The van der Waals surface area contributed by atoms with Gasteiger partial charge in [0, 0.05) is 6.08 Å². The van der Waals surface area contributed by atoms with E-state index in [2.05, 4.69) is 0 Å². The van der Waals surface area contributed by atoms with E-state index < -0.39 is 28.5 Å². The van der Waals surface area contributed by atoms with Crippen molar-refractivity contribution in [3.63, 3.8) is 0 Å². The van der Waals surface area contributed by atoms with Crippen LogP contribution in [0, 0.1) is 20.8 Å². The molecule has 1 aliphatic rings. The third kappa shape index (κ3) is 5.22.